The molecule has 0 aliphatic rings. The Bertz CT molecular complexity index is 567. The molecule has 2 aromatic carbocycles. The molecule has 0 heterocycles. The lowest BCUT2D eigenvalue weighted by Gasteiger charge is -2.11. The highest BCUT2D eigenvalue weighted by Crippen LogP contribution is 2.26. The number of anilines is 3. The van der Waals surface area contributed by atoms with Gasteiger partial charge in [-0.25, -0.2) is 0 Å². The molecule has 3 heteroatoms. The van der Waals surface area contributed by atoms with Gasteiger partial charge in [0.1, 0.15) is 5.75 Å². The minimum Gasteiger partial charge on any atom is -0.493 e. The van der Waals surface area contributed by atoms with Crippen LogP contribution in [0.3, 0.4) is 0 Å². The van der Waals surface area contributed by atoms with Crippen molar-refractivity contribution in [2.75, 3.05) is 17.7 Å². The Morgan fingerprint density at radius 3 is 2.65 bits per heavy atom. The first-order valence-electron chi connectivity index (χ1n) is 7.10. The number of benzene rings is 2. The van der Waals surface area contributed by atoms with Crippen LogP contribution in [0, 0.1) is 0 Å². The lowest BCUT2D eigenvalue weighted by Crippen LogP contribution is -1.98. The zero-order valence-corrected chi connectivity index (χ0v) is 12.1. The molecule has 106 valence electrons. The number of hydrogen-bond donors (Lipinski definition) is 2. The SMILES string of the molecule is CCCOc1cc(N)cc(Nc2cccc(CC)c2)c1. The van der Waals surface area contributed by atoms with E-state index in [4.69, 9.17) is 10.5 Å². The third-order valence-corrected chi connectivity index (χ3v) is 3.03. The van der Waals surface area contributed by atoms with Crippen LogP contribution in [-0.4, -0.2) is 6.61 Å². The molecular formula is C17H22N2O. The van der Waals surface area contributed by atoms with Gasteiger partial charge in [0.25, 0.3) is 0 Å². The zero-order valence-electron chi connectivity index (χ0n) is 12.1. The fourth-order valence-electron chi connectivity index (χ4n) is 2.03. The Morgan fingerprint density at radius 1 is 1.05 bits per heavy atom. The number of nitrogens with one attached hydrogen (secondary N) is 1. The van der Waals surface area contributed by atoms with Crippen molar-refractivity contribution in [3.8, 4) is 5.75 Å². The van der Waals surface area contributed by atoms with Crippen LogP contribution in [0.5, 0.6) is 5.75 Å². The average Bonchev–Trinajstić information content (AvgIpc) is 2.44. The van der Waals surface area contributed by atoms with Gasteiger partial charge in [-0.2, -0.15) is 0 Å². The fourth-order valence-corrected chi connectivity index (χ4v) is 2.03. The molecule has 0 unspecified atom stereocenters. The average molecular weight is 270 g/mol. The smallest absolute Gasteiger partial charge is 0.123 e. The number of aryl methyl sites for hydroxylation is 1. The molecule has 3 nitrogen and oxygen atoms in total. The predicted molar refractivity (Wildman–Crippen MR) is 85.7 cm³/mol. The Hall–Kier alpha value is -2.16. The summed E-state index contributed by atoms with van der Waals surface area (Å²) in [6, 6.07) is 14.1. The summed E-state index contributed by atoms with van der Waals surface area (Å²) in [5.74, 6) is 0.806. The van der Waals surface area contributed by atoms with Crippen molar-refractivity contribution in [1.82, 2.24) is 0 Å². The summed E-state index contributed by atoms with van der Waals surface area (Å²) < 4.78 is 5.64. The van der Waals surface area contributed by atoms with E-state index >= 15 is 0 Å². The molecule has 0 bridgehead atoms. The summed E-state index contributed by atoms with van der Waals surface area (Å²) >= 11 is 0. The minimum atomic E-state index is 0.702. The molecular weight excluding hydrogens is 248 g/mol. The van der Waals surface area contributed by atoms with Gasteiger partial charge in [0, 0.05) is 29.2 Å². The molecule has 0 amide bonds. The fraction of sp³-hybridized carbons (Fsp3) is 0.294. The molecule has 0 fully saturated rings. The predicted octanol–water partition coefficient (Wildman–Crippen LogP) is 4.36. The van der Waals surface area contributed by atoms with Crippen LogP contribution < -0.4 is 15.8 Å². The number of ether oxygens (including phenoxy) is 1. The maximum atomic E-state index is 5.92. The summed E-state index contributed by atoms with van der Waals surface area (Å²) in [5.41, 5.74) is 9.94. The molecule has 0 aliphatic heterocycles. The van der Waals surface area contributed by atoms with Crippen molar-refractivity contribution in [3.05, 3.63) is 48.0 Å². The van der Waals surface area contributed by atoms with Crippen LogP contribution in [0.4, 0.5) is 17.1 Å². The molecule has 0 radical (unpaired) electrons. The van der Waals surface area contributed by atoms with Crippen LogP contribution in [0.25, 0.3) is 0 Å². The maximum absolute atomic E-state index is 5.92. The lowest BCUT2D eigenvalue weighted by molar-refractivity contribution is 0.318. The van der Waals surface area contributed by atoms with Gasteiger partial charge >= 0.3 is 0 Å². The quantitative estimate of drug-likeness (QED) is 0.766. The molecule has 0 saturated carbocycles. The Kier molecular flexibility index (Phi) is 4.88. The summed E-state index contributed by atoms with van der Waals surface area (Å²) in [4.78, 5) is 0. The molecule has 0 aliphatic carbocycles. The number of nitrogens with two attached hydrogens (primary N) is 1. The van der Waals surface area contributed by atoms with E-state index < -0.39 is 0 Å². The molecule has 20 heavy (non-hydrogen) atoms. The molecule has 2 aromatic rings. The Morgan fingerprint density at radius 2 is 1.90 bits per heavy atom. The molecule has 0 spiro atoms. The highest BCUT2D eigenvalue weighted by atomic mass is 16.5. The largest absolute Gasteiger partial charge is 0.493 e. The molecule has 0 atom stereocenters. The third kappa shape index (κ3) is 3.92. The van der Waals surface area contributed by atoms with E-state index in [-0.39, 0.29) is 0 Å². The van der Waals surface area contributed by atoms with Gasteiger partial charge < -0.3 is 15.8 Å². The van der Waals surface area contributed by atoms with Crippen LogP contribution in [0.15, 0.2) is 42.5 Å². The van der Waals surface area contributed by atoms with E-state index in [1.165, 1.54) is 5.56 Å². The van der Waals surface area contributed by atoms with Crippen molar-refractivity contribution in [1.29, 1.82) is 0 Å². The van der Waals surface area contributed by atoms with E-state index in [1.54, 1.807) is 0 Å². The van der Waals surface area contributed by atoms with Gasteiger partial charge in [0.05, 0.1) is 6.61 Å². The second-order valence-electron chi connectivity index (χ2n) is 4.82. The van der Waals surface area contributed by atoms with Crippen LogP contribution >= 0.6 is 0 Å². The Balaban J connectivity index is 2.17. The van der Waals surface area contributed by atoms with E-state index in [9.17, 15) is 0 Å². The van der Waals surface area contributed by atoms with Crippen molar-refractivity contribution in [2.45, 2.75) is 26.7 Å². The van der Waals surface area contributed by atoms with Crippen molar-refractivity contribution in [3.63, 3.8) is 0 Å². The highest BCUT2D eigenvalue weighted by molar-refractivity contribution is 5.66. The van der Waals surface area contributed by atoms with Gasteiger partial charge in [-0.15, -0.1) is 0 Å². The first-order valence-corrected chi connectivity index (χ1v) is 7.10. The summed E-state index contributed by atoms with van der Waals surface area (Å²) in [7, 11) is 0. The molecule has 3 N–H and O–H groups in total. The molecule has 0 saturated heterocycles. The van der Waals surface area contributed by atoms with E-state index in [0.29, 0.717) is 12.3 Å². The lowest BCUT2D eigenvalue weighted by atomic mass is 10.1. The van der Waals surface area contributed by atoms with Gasteiger partial charge in [-0.05, 0) is 36.6 Å². The number of hydrogen-bond acceptors (Lipinski definition) is 3. The normalized spacial score (nSPS) is 10.3. The van der Waals surface area contributed by atoms with Gasteiger partial charge in [0.15, 0.2) is 0 Å². The van der Waals surface area contributed by atoms with E-state index in [2.05, 4.69) is 43.4 Å². The summed E-state index contributed by atoms with van der Waals surface area (Å²) in [5, 5.41) is 3.38. The monoisotopic (exact) mass is 270 g/mol. The van der Waals surface area contributed by atoms with Crippen LogP contribution in [0.2, 0.25) is 0 Å². The highest BCUT2D eigenvalue weighted by Gasteiger charge is 2.01. The first-order chi connectivity index (χ1) is 9.71. The van der Waals surface area contributed by atoms with Gasteiger partial charge in [-0.1, -0.05) is 26.0 Å². The first kappa shape index (κ1) is 14.3. The topological polar surface area (TPSA) is 47.3 Å². The molecule has 2 rings (SSSR count). The van der Waals surface area contributed by atoms with Crippen molar-refractivity contribution in [2.24, 2.45) is 0 Å². The molecule has 0 aromatic heterocycles. The van der Waals surface area contributed by atoms with Crippen molar-refractivity contribution >= 4 is 17.1 Å². The Labute approximate surface area is 120 Å². The second kappa shape index (κ2) is 6.85. The van der Waals surface area contributed by atoms with Gasteiger partial charge in [0.2, 0.25) is 0 Å². The van der Waals surface area contributed by atoms with E-state index in [1.807, 2.05) is 18.2 Å². The summed E-state index contributed by atoms with van der Waals surface area (Å²) in [6.45, 7) is 4.94. The second-order valence-corrected chi connectivity index (χ2v) is 4.82. The zero-order chi connectivity index (χ0) is 14.4. The number of nitrogen functional groups attached to an aromatic ring is 1. The standard InChI is InChI=1S/C17H22N2O/c1-3-8-20-17-11-14(18)10-16(12-17)19-15-7-5-6-13(4-2)9-15/h5-7,9-12,19H,3-4,8,18H2,1-2H3. The van der Waals surface area contributed by atoms with Crippen LogP contribution in [0.1, 0.15) is 25.8 Å². The van der Waals surface area contributed by atoms with Gasteiger partial charge in [-0.3, -0.25) is 0 Å². The third-order valence-electron chi connectivity index (χ3n) is 3.03. The maximum Gasteiger partial charge on any atom is 0.123 e. The summed E-state index contributed by atoms with van der Waals surface area (Å²) in [6.07, 6.45) is 2.01. The van der Waals surface area contributed by atoms with E-state index in [0.717, 1.165) is 30.0 Å². The van der Waals surface area contributed by atoms with Crippen LogP contribution in [-0.2, 0) is 6.42 Å². The minimum absolute atomic E-state index is 0.702. The van der Waals surface area contributed by atoms with Crippen molar-refractivity contribution < 1.29 is 4.74 Å². The number of rotatable bonds is 6.